The smallest absolute Gasteiger partial charge is 0.127 e. The number of rotatable bonds is 4. The fourth-order valence-corrected chi connectivity index (χ4v) is 2.52. The van der Waals surface area contributed by atoms with Crippen molar-refractivity contribution in [1.82, 2.24) is 0 Å². The van der Waals surface area contributed by atoms with E-state index >= 15 is 0 Å². The molecular weight excluding hydrogens is 356 g/mol. The first-order valence-corrected chi connectivity index (χ1v) is 6.37. The maximum absolute atomic E-state index is 5.85. The Labute approximate surface area is 122 Å². The molecule has 0 amide bonds. The topological polar surface area (TPSA) is 0 Å². The molecule has 0 aliphatic heterocycles. The number of hydrogen-bond donors (Lipinski definition) is 0. The van der Waals surface area contributed by atoms with Gasteiger partial charge in [-0.25, -0.2) is 0 Å². The lowest BCUT2D eigenvalue weighted by Crippen LogP contribution is -2.37. The lowest BCUT2D eigenvalue weighted by molar-refractivity contribution is 0.715. The third-order valence-corrected chi connectivity index (χ3v) is 5.09. The summed E-state index contributed by atoms with van der Waals surface area (Å²) in [6.45, 7) is 0. The average molecular weight is 360 g/mol. The van der Waals surface area contributed by atoms with Gasteiger partial charge in [0.2, 0.25) is 0 Å². The molecule has 0 nitrogen and oxygen atoms in total. The Bertz CT molecular complexity index is 226. The molecule has 0 saturated carbocycles. The molecule has 0 atom stereocenters. The Morgan fingerprint density at radius 1 is 0.929 bits per heavy atom. The summed E-state index contributed by atoms with van der Waals surface area (Å²) in [5.74, 6) is 0.165. The van der Waals surface area contributed by atoms with Crippen LogP contribution in [-0.4, -0.2) is 14.5 Å². The van der Waals surface area contributed by atoms with E-state index in [4.69, 9.17) is 92.8 Å². The van der Waals surface area contributed by atoms with Gasteiger partial charge in [0.05, 0.1) is 5.03 Å². The molecule has 0 N–H and O–H groups in total. The van der Waals surface area contributed by atoms with Crippen molar-refractivity contribution in [3.05, 3.63) is 9.52 Å². The highest BCUT2D eigenvalue weighted by molar-refractivity contribution is 6.69. The minimum Gasteiger partial charge on any atom is -0.127 e. The van der Waals surface area contributed by atoms with Crippen molar-refractivity contribution < 1.29 is 0 Å². The summed E-state index contributed by atoms with van der Waals surface area (Å²) in [5.41, 5.74) is 0. The van der Waals surface area contributed by atoms with Gasteiger partial charge in [-0.15, -0.1) is 11.6 Å². The van der Waals surface area contributed by atoms with Crippen LogP contribution in [0.2, 0.25) is 0 Å². The van der Waals surface area contributed by atoms with E-state index in [2.05, 4.69) is 0 Å². The van der Waals surface area contributed by atoms with Crippen molar-refractivity contribution in [3.8, 4) is 0 Å². The quantitative estimate of drug-likeness (QED) is 0.552. The first kappa shape index (κ1) is 16.1. The fourth-order valence-electron chi connectivity index (χ4n) is 0.555. The molecule has 0 radical (unpaired) electrons. The van der Waals surface area contributed by atoms with Gasteiger partial charge in [0.15, 0.2) is 8.67 Å². The summed E-state index contributed by atoms with van der Waals surface area (Å²) in [5, 5.41) is -0.237. The van der Waals surface area contributed by atoms with Crippen LogP contribution in [-0.2, 0) is 0 Å². The predicted octanol–water partition coefficient (Wildman–Crippen LogP) is 5.85. The van der Waals surface area contributed by atoms with E-state index < -0.39 is 8.67 Å². The van der Waals surface area contributed by atoms with Crippen molar-refractivity contribution in [1.29, 1.82) is 0 Å². The first-order chi connectivity index (χ1) is 6.16. The molecule has 0 aromatic heterocycles. The first-order valence-electron chi connectivity index (χ1n) is 3.19. The molecule has 0 fully saturated rings. The van der Waals surface area contributed by atoms with Crippen molar-refractivity contribution in [2.24, 2.45) is 0 Å². The van der Waals surface area contributed by atoms with Gasteiger partial charge in [-0.1, -0.05) is 81.2 Å². The van der Waals surface area contributed by atoms with Crippen LogP contribution in [0.15, 0.2) is 9.52 Å². The van der Waals surface area contributed by atoms with Crippen molar-refractivity contribution in [2.75, 3.05) is 5.88 Å². The van der Waals surface area contributed by atoms with Crippen molar-refractivity contribution >= 4 is 92.8 Å². The molecule has 84 valence electrons. The molecule has 8 heteroatoms. The van der Waals surface area contributed by atoms with E-state index in [1.165, 1.54) is 0 Å². The number of halogens is 8. The molecule has 0 unspecified atom stereocenters. The van der Waals surface area contributed by atoms with Gasteiger partial charge < -0.3 is 0 Å². The minimum absolute atomic E-state index is 0.127. The number of alkyl halides is 5. The van der Waals surface area contributed by atoms with Crippen LogP contribution in [0.3, 0.4) is 0 Å². The molecule has 0 bridgehead atoms. The van der Waals surface area contributed by atoms with Gasteiger partial charge >= 0.3 is 0 Å². The third kappa shape index (κ3) is 3.82. The van der Waals surface area contributed by atoms with Crippen LogP contribution in [0.25, 0.3) is 0 Å². The largest absolute Gasteiger partial charge is 0.188 e. The lowest BCUT2D eigenvalue weighted by atomic mass is 10.2. The van der Waals surface area contributed by atoms with Gasteiger partial charge in [0.1, 0.15) is 4.49 Å². The summed E-state index contributed by atoms with van der Waals surface area (Å²) in [4.78, 5) is 0. The molecule has 0 spiro atoms. The molecule has 0 aromatic rings. The number of hydrogen-bond acceptors (Lipinski definition) is 0. The third-order valence-electron chi connectivity index (χ3n) is 1.31. The Morgan fingerprint density at radius 2 is 1.36 bits per heavy atom. The van der Waals surface area contributed by atoms with Crippen LogP contribution >= 0.6 is 92.8 Å². The maximum Gasteiger partial charge on any atom is 0.188 e. The van der Waals surface area contributed by atoms with Crippen LogP contribution in [0.1, 0.15) is 6.42 Å². The summed E-state index contributed by atoms with van der Waals surface area (Å²) < 4.78 is -3.66. The highest BCUT2D eigenvalue weighted by Crippen LogP contribution is 2.52. The van der Waals surface area contributed by atoms with Crippen molar-refractivity contribution in [3.63, 3.8) is 0 Å². The van der Waals surface area contributed by atoms with Gasteiger partial charge in [0, 0.05) is 5.88 Å². The SMILES string of the molecule is ClCCC(Cl)(Cl)C(Cl)(Cl)C(Cl)=C(Cl)Cl. The van der Waals surface area contributed by atoms with E-state index in [9.17, 15) is 0 Å². The second-order valence-electron chi connectivity index (χ2n) is 2.29. The van der Waals surface area contributed by atoms with Gasteiger partial charge in [0.25, 0.3) is 0 Å². The summed E-state index contributed by atoms with van der Waals surface area (Å²) in [6.07, 6.45) is 0.127. The van der Waals surface area contributed by atoms with Crippen LogP contribution in [0.5, 0.6) is 0 Å². The molecule has 0 aliphatic carbocycles. The van der Waals surface area contributed by atoms with Gasteiger partial charge in [-0.3, -0.25) is 0 Å². The van der Waals surface area contributed by atoms with E-state index in [0.717, 1.165) is 0 Å². The zero-order valence-electron chi connectivity index (χ0n) is 6.44. The predicted molar refractivity (Wildman–Crippen MR) is 68.8 cm³/mol. The second kappa shape index (κ2) is 6.12. The van der Waals surface area contributed by atoms with E-state index in [-0.39, 0.29) is 21.8 Å². The molecular formula is C6H4Cl8. The standard InChI is InChI=1S/C6H4Cl8/c7-2-1-5(11,12)6(13,14)3(8)4(9)10/h1-2H2. The van der Waals surface area contributed by atoms with Crippen LogP contribution < -0.4 is 0 Å². The average Bonchev–Trinajstić information content (AvgIpc) is 2.02. The monoisotopic (exact) mass is 356 g/mol. The highest BCUT2D eigenvalue weighted by Gasteiger charge is 2.50. The normalized spacial score (nSPS) is 12.9. The molecule has 0 aliphatic rings. The Hall–Kier alpha value is 2.06. The Morgan fingerprint density at radius 3 is 1.64 bits per heavy atom. The minimum atomic E-state index is -1.80. The zero-order chi connectivity index (χ0) is 11.6. The van der Waals surface area contributed by atoms with Gasteiger partial charge in [-0.2, -0.15) is 0 Å². The Kier molecular flexibility index (Phi) is 7.02. The molecule has 0 heterocycles. The van der Waals surface area contributed by atoms with Gasteiger partial charge in [-0.05, 0) is 6.42 Å². The molecule has 0 rings (SSSR count). The lowest BCUT2D eigenvalue weighted by Gasteiger charge is -2.31. The van der Waals surface area contributed by atoms with E-state index in [0.29, 0.717) is 0 Å². The zero-order valence-corrected chi connectivity index (χ0v) is 12.5. The Balaban J connectivity index is 5.04. The molecule has 14 heavy (non-hydrogen) atoms. The number of allylic oxidation sites excluding steroid dienone is 1. The maximum atomic E-state index is 5.85. The summed E-state index contributed by atoms with van der Waals surface area (Å²) in [7, 11) is 0. The van der Waals surface area contributed by atoms with Crippen molar-refractivity contribution in [2.45, 2.75) is 15.1 Å². The fraction of sp³-hybridized carbons (Fsp3) is 0.667. The van der Waals surface area contributed by atoms with Crippen LogP contribution in [0.4, 0.5) is 0 Å². The molecule has 0 saturated heterocycles. The van der Waals surface area contributed by atoms with E-state index in [1.54, 1.807) is 0 Å². The van der Waals surface area contributed by atoms with Crippen LogP contribution in [0, 0.1) is 0 Å². The highest BCUT2D eigenvalue weighted by atomic mass is 35.5. The van der Waals surface area contributed by atoms with E-state index in [1.807, 2.05) is 0 Å². The molecule has 0 aromatic carbocycles. The second-order valence-corrected chi connectivity index (χ2v) is 6.81. The summed E-state index contributed by atoms with van der Waals surface area (Å²) in [6, 6.07) is 0. The summed E-state index contributed by atoms with van der Waals surface area (Å²) >= 11 is 45.3.